The summed E-state index contributed by atoms with van der Waals surface area (Å²) in [6, 6.07) is 43.7. The molecule has 4 aromatic carbocycles. The van der Waals surface area contributed by atoms with Crippen LogP contribution in [0, 0.1) is 18.1 Å². The molecular formula is C42H32N4OPt. The Bertz CT molecular complexity index is 2480. The molecule has 48 heavy (non-hydrogen) atoms. The normalized spacial score (nSPS) is 17.5. The van der Waals surface area contributed by atoms with Gasteiger partial charge < -0.3 is 13.9 Å². The van der Waals surface area contributed by atoms with Gasteiger partial charge in [0.1, 0.15) is 11.6 Å². The van der Waals surface area contributed by atoms with Crippen LogP contribution in [0.25, 0.3) is 55.2 Å². The van der Waals surface area contributed by atoms with Crippen molar-refractivity contribution in [3.8, 4) is 23.3 Å². The van der Waals surface area contributed by atoms with Crippen LogP contribution in [0.15, 0.2) is 109 Å². The zero-order valence-corrected chi connectivity index (χ0v) is 28.6. The zero-order chi connectivity index (χ0) is 30.9. The first-order chi connectivity index (χ1) is 23.3. The van der Waals surface area contributed by atoms with Gasteiger partial charge in [-0.3, -0.25) is 0 Å². The summed E-state index contributed by atoms with van der Waals surface area (Å²) in [4.78, 5) is 9.99. The van der Waals surface area contributed by atoms with Gasteiger partial charge >= 0.3 is 21.1 Å². The van der Waals surface area contributed by atoms with E-state index in [1.807, 2.05) is 24.4 Å². The number of fused-ring (bicyclic) bond motifs is 7. The second kappa shape index (κ2) is 11.8. The maximum Gasteiger partial charge on any atom is 2.00 e. The van der Waals surface area contributed by atoms with E-state index in [1.54, 1.807) is 0 Å². The van der Waals surface area contributed by atoms with Crippen molar-refractivity contribution >= 4 is 43.6 Å². The second-order valence-electron chi connectivity index (χ2n) is 13.2. The van der Waals surface area contributed by atoms with Gasteiger partial charge in [0, 0.05) is 29.0 Å². The van der Waals surface area contributed by atoms with E-state index in [0.29, 0.717) is 23.5 Å². The third kappa shape index (κ3) is 4.78. The molecule has 2 unspecified atom stereocenters. The van der Waals surface area contributed by atoms with E-state index < -0.39 is 0 Å². The molecule has 2 atom stereocenters. The minimum Gasteiger partial charge on any atom is -0.466 e. The molecular weight excluding hydrogens is 772 g/mol. The van der Waals surface area contributed by atoms with Crippen molar-refractivity contribution in [3.05, 3.63) is 133 Å². The van der Waals surface area contributed by atoms with Gasteiger partial charge in [0.05, 0.1) is 0 Å². The van der Waals surface area contributed by atoms with E-state index in [0.717, 1.165) is 50.9 Å². The maximum atomic E-state index is 6.32. The molecule has 11 rings (SSSR count). The van der Waals surface area contributed by atoms with E-state index in [2.05, 4.69) is 106 Å². The Kier molecular flexibility index (Phi) is 7.20. The van der Waals surface area contributed by atoms with Crippen LogP contribution in [0.5, 0.6) is 11.6 Å². The third-order valence-electron chi connectivity index (χ3n) is 10.4. The molecule has 1 aliphatic carbocycles. The Morgan fingerprint density at radius 1 is 0.708 bits per heavy atom. The van der Waals surface area contributed by atoms with Crippen molar-refractivity contribution in [2.75, 3.05) is 0 Å². The fourth-order valence-corrected chi connectivity index (χ4v) is 8.20. The van der Waals surface area contributed by atoms with Crippen LogP contribution in [-0.4, -0.2) is 19.1 Å². The van der Waals surface area contributed by atoms with Crippen molar-refractivity contribution < 1.29 is 25.8 Å². The number of benzene rings is 4. The van der Waals surface area contributed by atoms with Gasteiger partial charge in [0.2, 0.25) is 5.88 Å². The fraction of sp³-hybridized carbons (Fsp3) is 0.190. The van der Waals surface area contributed by atoms with Crippen LogP contribution in [0.3, 0.4) is 0 Å². The summed E-state index contributed by atoms with van der Waals surface area (Å²) in [5, 5.41) is 4.66. The number of para-hydroxylation sites is 2. The first-order valence-corrected chi connectivity index (χ1v) is 16.8. The summed E-state index contributed by atoms with van der Waals surface area (Å²) < 4.78 is 10.8. The number of ether oxygens (including phenoxy) is 1. The largest absolute Gasteiger partial charge is 2.00 e. The van der Waals surface area contributed by atoms with Crippen molar-refractivity contribution in [1.29, 1.82) is 0 Å². The minimum absolute atomic E-state index is 0. The smallest absolute Gasteiger partial charge is 0.466 e. The van der Waals surface area contributed by atoms with Gasteiger partial charge in [0.25, 0.3) is 0 Å². The van der Waals surface area contributed by atoms with Crippen LogP contribution >= 0.6 is 0 Å². The summed E-state index contributed by atoms with van der Waals surface area (Å²) in [5.41, 5.74) is 6.88. The number of pyridine rings is 2. The number of aromatic nitrogens is 4. The molecule has 4 aromatic heterocycles. The van der Waals surface area contributed by atoms with Crippen LogP contribution in [0.2, 0.25) is 0 Å². The van der Waals surface area contributed by atoms with E-state index in [4.69, 9.17) is 14.7 Å². The van der Waals surface area contributed by atoms with Crippen molar-refractivity contribution in [1.82, 2.24) is 19.1 Å². The molecule has 0 N–H and O–H groups in total. The number of nitrogens with zero attached hydrogens (tertiary/aromatic N) is 4. The first-order valence-electron chi connectivity index (χ1n) is 16.8. The molecule has 5 nitrogen and oxygen atoms in total. The maximum absolute atomic E-state index is 6.32. The van der Waals surface area contributed by atoms with Gasteiger partial charge in [-0.05, 0) is 65.4 Å². The second-order valence-corrected chi connectivity index (χ2v) is 13.2. The molecule has 8 aromatic rings. The minimum atomic E-state index is 0. The Labute approximate surface area is 293 Å². The molecule has 1 saturated carbocycles. The predicted octanol–water partition coefficient (Wildman–Crippen LogP) is 10.3. The average molecular weight is 804 g/mol. The van der Waals surface area contributed by atoms with E-state index >= 15 is 0 Å². The standard InChI is InChI=1S/C42H32N4O.Pt/c1-3-11-36-32(9-1)34-25-35-33-10-2-4-12-37(33)46-39(35)26-38(34)45(36)40-13-6-14-42(44-40)47-31-19-17-29(18-20-31)30-8-5-7-27(23-30)15-16-28-21-22-43-41(46)24-28;/h1-4,6,9-14,17-19,21-22,24-25,27,30H,5,7-8,15-16,23H2;/q-2;+2. The van der Waals surface area contributed by atoms with Gasteiger partial charge in [0.15, 0.2) is 0 Å². The van der Waals surface area contributed by atoms with Crippen LogP contribution in [0.4, 0.5) is 0 Å². The molecule has 10 bridgehead atoms. The number of aryl methyl sites for hydroxylation is 1. The Morgan fingerprint density at radius 3 is 2.25 bits per heavy atom. The van der Waals surface area contributed by atoms with Crippen molar-refractivity contribution in [2.24, 2.45) is 5.92 Å². The molecule has 1 fully saturated rings. The van der Waals surface area contributed by atoms with E-state index in [-0.39, 0.29) is 21.1 Å². The van der Waals surface area contributed by atoms with Crippen molar-refractivity contribution in [3.63, 3.8) is 0 Å². The molecule has 6 heterocycles. The average Bonchev–Trinajstić information content (AvgIpc) is 3.62. The summed E-state index contributed by atoms with van der Waals surface area (Å²) in [6.45, 7) is 0. The van der Waals surface area contributed by atoms with Gasteiger partial charge in [-0.2, -0.15) is 28.7 Å². The fourth-order valence-electron chi connectivity index (χ4n) is 8.20. The van der Waals surface area contributed by atoms with Crippen LogP contribution in [-0.2, 0) is 27.5 Å². The third-order valence-corrected chi connectivity index (χ3v) is 10.4. The molecule has 3 aliphatic rings. The van der Waals surface area contributed by atoms with Crippen LogP contribution in [0.1, 0.15) is 49.1 Å². The quantitative estimate of drug-likeness (QED) is 0.144. The number of hydrogen-bond donors (Lipinski definition) is 0. The zero-order valence-electron chi connectivity index (χ0n) is 26.3. The summed E-state index contributed by atoms with van der Waals surface area (Å²) in [7, 11) is 0. The summed E-state index contributed by atoms with van der Waals surface area (Å²) >= 11 is 0. The summed E-state index contributed by atoms with van der Waals surface area (Å²) in [6.07, 6.45) is 9.24. The molecule has 0 saturated heterocycles. The monoisotopic (exact) mass is 803 g/mol. The van der Waals surface area contributed by atoms with Crippen LogP contribution < -0.4 is 4.74 Å². The molecule has 2 aliphatic heterocycles. The predicted molar refractivity (Wildman–Crippen MR) is 188 cm³/mol. The Balaban J connectivity index is 0.00000314. The van der Waals surface area contributed by atoms with Gasteiger partial charge in [-0.1, -0.05) is 85.1 Å². The Morgan fingerprint density at radius 2 is 1.48 bits per heavy atom. The van der Waals surface area contributed by atoms with Gasteiger partial charge in [-0.15, -0.1) is 29.0 Å². The number of hydrogen-bond acceptors (Lipinski definition) is 3. The first kappa shape index (κ1) is 29.4. The molecule has 236 valence electrons. The molecule has 0 radical (unpaired) electrons. The topological polar surface area (TPSA) is 44.9 Å². The van der Waals surface area contributed by atoms with E-state index in [9.17, 15) is 0 Å². The number of rotatable bonds is 0. The molecule has 0 amide bonds. The van der Waals surface area contributed by atoms with Crippen molar-refractivity contribution in [2.45, 2.75) is 44.4 Å². The SMILES string of the molecule is [Pt+2].[c-]1cc2ccc1Oc1cccc(n1)-n1c3[c-]c4c(cc3c3ccccc31)c1ccccc1n4-c1cc(ccn1)CCC1CCCC2C1. The molecule has 0 spiro atoms. The van der Waals surface area contributed by atoms with E-state index in [1.165, 1.54) is 54.0 Å². The Hall–Kier alpha value is -4.73. The molecule has 6 heteroatoms. The summed E-state index contributed by atoms with van der Waals surface area (Å²) in [5.74, 6) is 4.21. The van der Waals surface area contributed by atoms with Gasteiger partial charge in [-0.25, -0.2) is 4.98 Å².